The van der Waals surface area contributed by atoms with Crippen LogP contribution in [0.5, 0.6) is 0 Å². The molecule has 4 aromatic carbocycles. The Morgan fingerprint density at radius 1 is 0.630 bits per heavy atom. The van der Waals surface area contributed by atoms with E-state index in [1.807, 2.05) is 12.1 Å². The Bertz CT molecular complexity index is 1590. The summed E-state index contributed by atoms with van der Waals surface area (Å²) in [5.41, 5.74) is -5.08. The lowest BCUT2D eigenvalue weighted by Gasteiger charge is -2.65. The number of halogens is 3. The van der Waals surface area contributed by atoms with Crippen molar-refractivity contribution in [2.24, 2.45) is 0 Å². The second kappa shape index (κ2) is 13.6. The number of ether oxygens (including phenoxy) is 2. The zero-order chi connectivity index (χ0) is 33.1. The highest BCUT2D eigenvalue weighted by atomic mass is 35.6. The van der Waals surface area contributed by atoms with Gasteiger partial charge in [-0.15, -0.1) is 0 Å². The third kappa shape index (κ3) is 6.57. The fourth-order valence-electron chi connectivity index (χ4n) is 6.50. The molecule has 1 heterocycles. The van der Waals surface area contributed by atoms with Crippen molar-refractivity contribution in [3.05, 3.63) is 144 Å². The van der Waals surface area contributed by atoms with E-state index >= 15 is 0 Å². The molecule has 0 aliphatic carbocycles. The van der Waals surface area contributed by atoms with Crippen LogP contribution in [-0.2, 0) is 35.2 Å². The molecule has 5 N–H and O–H groups in total. The maximum atomic E-state index is 13.5. The topological polar surface area (TPSA) is 123 Å². The van der Waals surface area contributed by atoms with Crippen LogP contribution in [0.4, 0.5) is 0 Å². The van der Waals surface area contributed by atoms with Gasteiger partial charge in [-0.05, 0) is 22.3 Å². The van der Waals surface area contributed by atoms with Crippen LogP contribution in [0.25, 0.3) is 0 Å². The molecule has 7 nitrogen and oxygen atoms in total. The molecule has 0 bridgehead atoms. The second-order valence-electron chi connectivity index (χ2n) is 11.8. The number of benzene rings is 4. The van der Waals surface area contributed by atoms with Crippen molar-refractivity contribution in [1.29, 1.82) is 5.41 Å². The van der Waals surface area contributed by atoms with Gasteiger partial charge >= 0.3 is 0 Å². The van der Waals surface area contributed by atoms with Crippen molar-refractivity contribution < 1.29 is 29.9 Å². The average molecular weight is 685 g/mol. The predicted octanol–water partition coefficient (Wildman–Crippen LogP) is 5.60. The Morgan fingerprint density at radius 3 is 1.39 bits per heavy atom. The number of hydrogen-bond acceptors (Lipinski definition) is 7. The molecule has 10 heteroatoms. The lowest BCUT2D eigenvalue weighted by Crippen LogP contribution is -2.87. The molecule has 5 atom stereocenters. The molecule has 1 aliphatic heterocycles. The third-order valence-corrected chi connectivity index (χ3v) is 9.30. The van der Waals surface area contributed by atoms with E-state index in [0.717, 1.165) is 0 Å². The van der Waals surface area contributed by atoms with E-state index in [0.29, 0.717) is 22.3 Å². The summed E-state index contributed by atoms with van der Waals surface area (Å²) in [5.74, 6) is -3.27. The van der Waals surface area contributed by atoms with Crippen molar-refractivity contribution in [3.63, 3.8) is 0 Å². The molecular formula is C36H36Cl3NO6. The van der Waals surface area contributed by atoms with Crippen LogP contribution >= 0.6 is 34.8 Å². The minimum Gasteiger partial charge on any atom is -0.442 e. The van der Waals surface area contributed by atoms with Crippen molar-refractivity contribution in [1.82, 2.24) is 0 Å². The summed E-state index contributed by atoms with van der Waals surface area (Å²) in [5, 5.41) is 59.3. The number of hydrogen-bond donors (Lipinski definition) is 5. The number of aliphatic hydroxyl groups is 4. The lowest BCUT2D eigenvalue weighted by atomic mass is 9.56. The van der Waals surface area contributed by atoms with Crippen molar-refractivity contribution in [2.75, 3.05) is 6.61 Å². The molecule has 0 aromatic heterocycles. The van der Waals surface area contributed by atoms with Crippen LogP contribution in [0.3, 0.4) is 0 Å². The van der Waals surface area contributed by atoms with Gasteiger partial charge in [-0.1, -0.05) is 156 Å². The van der Waals surface area contributed by atoms with E-state index in [1.165, 1.54) is 0 Å². The van der Waals surface area contributed by atoms with Crippen LogP contribution in [0.1, 0.15) is 22.3 Å². The highest BCUT2D eigenvalue weighted by Crippen LogP contribution is 2.55. The zero-order valence-electron chi connectivity index (χ0n) is 24.9. The van der Waals surface area contributed by atoms with Gasteiger partial charge in [0.25, 0.3) is 3.79 Å². The predicted molar refractivity (Wildman–Crippen MR) is 179 cm³/mol. The van der Waals surface area contributed by atoms with Gasteiger partial charge in [0.05, 0.1) is 6.61 Å². The van der Waals surface area contributed by atoms with E-state index in [-0.39, 0.29) is 25.7 Å². The molecule has 5 rings (SSSR count). The van der Waals surface area contributed by atoms with E-state index in [1.54, 1.807) is 109 Å². The monoisotopic (exact) mass is 683 g/mol. The van der Waals surface area contributed by atoms with Crippen molar-refractivity contribution in [3.8, 4) is 0 Å². The van der Waals surface area contributed by atoms with Gasteiger partial charge in [-0.25, -0.2) is 0 Å². The first-order valence-corrected chi connectivity index (χ1v) is 16.0. The smallest absolute Gasteiger partial charge is 0.265 e. The number of nitrogens with one attached hydrogen (secondary N) is 1. The molecule has 46 heavy (non-hydrogen) atoms. The summed E-state index contributed by atoms with van der Waals surface area (Å²) >= 11 is 18.4. The summed E-state index contributed by atoms with van der Waals surface area (Å²) < 4.78 is 10.3. The summed E-state index contributed by atoms with van der Waals surface area (Å²) in [4.78, 5) is 0. The maximum Gasteiger partial charge on any atom is 0.265 e. The molecule has 0 spiro atoms. The largest absolute Gasteiger partial charge is 0.442 e. The SMILES string of the molecule is N=C(OC1(Cc2ccccc2)O[C@H](CO)[C@](O)(Cc2ccccc2)[C@@](O)(Cc2ccccc2)[C@]1(O)Cc1ccccc1)C(Cl)(Cl)Cl. The van der Waals surface area contributed by atoms with E-state index in [4.69, 9.17) is 49.7 Å². The third-order valence-electron chi connectivity index (χ3n) is 8.79. The molecular weight excluding hydrogens is 649 g/mol. The van der Waals surface area contributed by atoms with Gasteiger partial charge in [0.15, 0.2) is 5.60 Å². The van der Waals surface area contributed by atoms with Gasteiger partial charge < -0.3 is 29.9 Å². The summed E-state index contributed by atoms with van der Waals surface area (Å²) in [6.45, 7) is -0.789. The Balaban J connectivity index is 1.83. The molecule has 0 amide bonds. The molecule has 1 saturated heterocycles. The van der Waals surface area contributed by atoms with Gasteiger partial charge in [0.2, 0.25) is 11.7 Å². The van der Waals surface area contributed by atoms with Crippen LogP contribution in [0.2, 0.25) is 0 Å². The van der Waals surface area contributed by atoms with Crippen LogP contribution in [0.15, 0.2) is 121 Å². The van der Waals surface area contributed by atoms with E-state index < -0.39 is 45.0 Å². The molecule has 1 unspecified atom stereocenters. The zero-order valence-corrected chi connectivity index (χ0v) is 27.2. The Labute approximate surface area is 283 Å². The molecule has 4 aromatic rings. The minimum absolute atomic E-state index is 0.219. The summed E-state index contributed by atoms with van der Waals surface area (Å²) in [6, 6.07) is 35.5. The van der Waals surface area contributed by atoms with Crippen LogP contribution in [-0.4, -0.2) is 65.4 Å². The van der Waals surface area contributed by atoms with Crippen LogP contribution < -0.4 is 0 Å². The first kappa shape index (κ1) is 34.4. The fraction of sp³-hybridized carbons (Fsp3) is 0.306. The molecule has 0 radical (unpaired) electrons. The van der Waals surface area contributed by atoms with Crippen molar-refractivity contribution in [2.45, 2.75) is 58.2 Å². The average Bonchev–Trinajstić information content (AvgIpc) is 3.04. The fourth-order valence-corrected chi connectivity index (χ4v) is 6.62. The summed E-state index contributed by atoms with van der Waals surface area (Å²) in [6.07, 6.45) is -2.67. The Kier molecular flexibility index (Phi) is 10.2. The first-order valence-electron chi connectivity index (χ1n) is 14.8. The standard InChI is InChI=1S/C36H36Cl3NO6/c37-36(38,39)31(40)46-35(24-29-19-11-4-12-20-29)34(44,23-28-17-9-3-10-18-28)33(43,22-27-15-7-2-8-16-27)32(42,30(25-41)45-35)21-26-13-5-1-6-14-26/h1-20,30,40-44H,21-25H2/t30-,32-,33+,34-,35?/m1/s1. The lowest BCUT2D eigenvalue weighted by molar-refractivity contribution is -0.435. The number of aliphatic hydroxyl groups excluding tert-OH is 1. The molecule has 0 saturated carbocycles. The second-order valence-corrected chi connectivity index (χ2v) is 14.0. The Morgan fingerprint density at radius 2 is 1.00 bits per heavy atom. The molecule has 1 fully saturated rings. The number of alkyl halides is 3. The van der Waals surface area contributed by atoms with Gasteiger partial charge in [-0.2, -0.15) is 0 Å². The highest BCUT2D eigenvalue weighted by molar-refractivity contribution is 6.76. The van der Waals surface area contributed by atoms with E-state index in [9.17, 15) is 20.4 Å². The normalized spacial score (nSPS) is 28.0. The van der Waals surface area contributed by atoms with Crippen LogP contribution in [0, 0.1) is 5.41 Å². The molecule has 1 aliphatic rings. The van der Waals surface area contributed by atoms with E-state index in [2.05, 4.69) is 0 Å². The van der Waals surface area contributed by atoms with Gasteiger partial charge in [-0.3, -0.25) is 5.41 Å². The minimum atomic E-state index is -2.57. The quantitative estimate of drug-likeness (QED) is 0.0842. The Hall–Kier alpha value is -2.98. The van der Waals surface area contributed by atoms with Gasteiger partial charge in [0, 0.05) is 25.7 Å². The number of rotatable bonds is 10. The highest BCUT2D eigenvalue weighted by Gasteiger charge is 2.78. The van der Waals surface area contributed by atoms with Crippen molar-refractivity contribution >= 4 is 40.7 Å². The van der Waals surface area contributed by atoms with Gasteiger partial charge in [0.1, 0.15) is 17.3 Å². The summed E-state index contributed by atoms with van der Waals surface area (Å²) in [7, 11) is 0. The maximum absolute atomic E-state index is 13.5. The molecule has 242 valence electrons. The first-order chi connectivity index (χ1) is 21.9.